The van der Waals surface area contributed by atoms with Crippen LogP contribution in [0.1, 0.15) is 27.9 Å². The number of fused-ring (bicyclic) bond motifs is 1. The Hall–Kier alpha value is -1.37. The third-order valence-corrected chi connectivity index (χ3v) is 3.35. The highest BCUT2D eigenvalue weighted by molar-refractivity contribution is 5.88. The van der Waals surface area contributed by atoms with E-state index >= 15 is 0 Å². The molecule has 0 unspecified atom stereocenters. The molecule has 1 aromatic carbocycles. The van der Waals surface area contributed by atoms with Gasteiger partial charge >= 0.3 is 0 Å². The van der Waals surface area contributed by atoms with Crippen LogP contribution in [-0.4, -0.2) is 4.98 Å². The Morgan fingerprint density at radius 3 is 2.07 bits per heavy atom. The van der Waals surface area contributed by atoms with Crippen LogP contribution in [0.3, 0.4) is 0 Å². The second kappa shape index (κ2) is 3.34. The molecule has 1 aromatic heterocycles. The first-order valence-electron chi connectivity index (χ1n) is 5.36. The zero-order chi connectivity index (χ0) is 11.2. The van der Waals surface area contributed by atoms with Crippen LogP contribution >= 0.6 is 0 Å². The monoisotopic (exact) mass is 199 g/mol. The summed E-state index contributed by atoms with van der Waals surface area (Å²) in [4.78, 5) is 4.70. The Morgan fingerprint density at radius 1 is 0.800 bits per heavy atom. The molecule has 2 aromatic rings. The minimum absolute atomic E-state index is 1.15. The molecule has 0 bridgehead atoms. The predicted molar refractivity (Wildman–Crippen MR) is 65.4 cm³/mol. The van der Waals surface area contributed by atoms with Gasteiger partial charge < -0.3 is 0 Å². The number of hydrogen-bond acceptors (Lipinski definition) is 1. The van der Waals surface area contributed by atoms with Gasteiger partial charge in [-0.3, -0.25) is 4.98 Å². The van der Waals surface area contributed by atoms with E-state index in [0.29, 0.717) is 0 Å². The summed E-state index contributed by atoms with van der Waals surface area (Å²) in [5.41, 5.74) is 7.59. The topological polar surface area (TPSA) is 12.9 Å². The summed E-state index contributed by atoms with van der Waals surface area (Å²) in [7, 11) is 0. The maximum absolute atomic E-state index is 4.70. The van der Waals surface area contributed by atoms with Crippen LogP contribution in [0.15, 0.2) is 12.1 Å². The van der Waals surface area contributed by atoms with Crippen LogP contribution in [0, 0.1) is 34.6 Å². The van der Waals surface area contributed by atoms with Crippen LogP contribution in [0.4, 0.5) is 0 Å². The van der Waals surface area contributed by atoms with Crippen molar-refractivity contribution in [3.8, 4) is 0 Å². The van der Waals surface area contributed by atoms with Gasteiger partial charge in [0.05, 0.1) is 5.52 Å². The number of aromatic nitrogens is 1. The molecule has 2 rings (SSSR count). The molecule has 0 fully saturated rings. The van der Waals surface area contributed by atoms with E-state index in [0.717, 1.165) is 11.2 Å². The summed E-state index contributed by atoms with van der Waals surface area (Å²) in [6, 6.07) is 4.33. The van der Waals surface area contributed by atoms with Gasteiger partial charge in [0.15, 0.2) is 0 Å². The highest BCUT2D eigenvalue weighted by Gasteiger charge is 2.09. The summed E-state index contributed by atoms with van der Waals surface area (Å²) in [5, 5.41) is 1.33. The molecule has 0 aliphatic rings. The first-order valence-corrected chi connectivity index (χ1v) is 5.36. The normalized spacial score (nSPS) is 11.0. The van der Waals surface area contributed by atoms with E-state index in [4.69, 9.17) is 4.98 Å². The first kappa shape index (κ1) is 10.2. The number of pyridine rings is 1. The molecule has 1 heterocycles. The lowest BCUT2D eigenvalue weighted by molar-refractivity contribution is 1.15. The average Bonchev–Trinajstić information content (AvgIpc) is 2.20. The molecule has 78 valence electrons. The lowest BCUT2D eigenvalue weighted by Crippen LogP contribution is -1.96. The van der Waals surface area contributed by atoms with E-state index in [1.165, 1.54) is 27.6 Å². The molecule has 0 N–H and O–H groups in total. The minimum atomic E-state index is 1.15. The predicted octanol–water partition coefficient (Wildman–Crippen LogP) is 3.78. The van der Waals surface area contributed by atoms with Gasteiger partial charge in [0.1, 0.15) is 0 Å². The SMILES string of the molecule is Cc1nc2c(C)ccc(C)c2c(C)c1C. The van der Waals surface area contributed by atoms with Gasteiger partial charge in [-0.05, 0) is 56.9 Å². The Labute approximate surface area is 91.2 Å². The summed E-state index contributed by atoms with van der Waals surface area (Å²) in [6.45, 7) is 10.7. The Kier molecular flexibility index (Phi) is 2.26. The number of rotatable bonds is 0. The van der Waals surface area contributed by atoms with Crippen LogP contribution < -0.4 is 0 Å². The number of aryl methyl sites for hydroxylation is 4. The second-order valence-electron chi connectivity index (χ2n) is 4.37. The van der Waals surface area contributed by atoms with E-state index in [1.54, 1.807) is 0 Å². The van der Waals surface area contributed by atoms with Gasteiger partial charge in [-0.1, -0.05) is 12.1 Å². The van der Waals surface area contributed by atoms with Gasteiger partial charge in [0.2, 0.25) is 0 Å². The quantitative estimate of drug-likeness (QED) is 0.629. The standard InChI is InChI=1S/C14H17N/c1-8-6-7-9(2)14-13(8)11(4)10(3)12(5)15-14/h6-7H,1-5H3. The maximum Gasteiger partial charge on any atom is 0.0739 e. The molecular formula is C14H17N. The van der Waals surface area contributed by atoms with Gasteiger partial charge in [-0.2, -0.15) is 0 Å². The second-order valence-corrected chi connectivity index (χ2v) is 4.37. The first-order chi connectivity index (χ1) is 7.02. The maximum atomic E-state index is 4.70. The lowest BCUT2D eigenvalue weighted by atomic mass is 9.97. The third kappa shape index (κ3) is 1.43. The van der Waals surface area contributed by atoms with Crippen molar-refractivity contribution in [1.82, 2.24) is 4.98 Å². The summed E-state index contributed by atoms with van der Waals surface area (Å²) < 4.78 is 0. The zero-order valence-corrected chi connectivity index (χ0v) is 10.1. The molecule has 0 atom stereocenters. The van der Waals surface area contributed by atoms with E-state index in [1.807, 2.05) is 0 Å². The zero-order valence-electron chi connectivity index (χ0n) is 10.1. The van der Waals surface area contributed by atoms with E-state index in [2.05, 4.69) is 46.8 Å². The molecule has 15 heavy (non-hydrogen) atoms. The van der Waals surface area contributed by atoms with Crippen LogP contribution in [-0.2, 0) is 0 Å². The van der Waals surface area contributed by atoms with Crippen molar-refractivity contribution >= 4 is 10.9 Å². The molecular weight excluding hydrogens is 182 g/mol. The van der Waals surface area contributed by atoms with E-state index in [9.17, 15) is 0 Å². The largest absolute Gasteiger partial charge is 0.253 e. The van der Waals surface area contributed by atoms with Gasteiger partial charge in [0, 0.05) is 11.1 Å². The van der Waals surface area contributed by atoms with Crippen molar-refractivity contribution in [3.63, 3.8) is 0 Å². The minimum Gasteiger partial charge on any atom is -0.253 e. The number of nitrogens with zero attached hydrogens (tertiary/aromatic N) is 1. The summed E-state index contributed by atoms with van der Waals surface area (Å²) in [5.74, 6) is 0. The van der Waals surface area contributed by atoms with E-state index < -0.39 is 0 Å². The molecule has 0 radical (unpaired) electrons. The van der Waals surface area contributed by atoms with E-state index in [-0.39, 0.29) is 0 Å². The number of benzene rings is 1. The molecule has 0 amide bonds. The molecule has 0 aliphatic heterocycles. The third-order valence-electron chi connectivity index (χ3n) is 3.35. The Balaban J connectivity index is 3.04. The smallest absolute Gasteiger partial charge is 0.0739 e. The molecule has 0 aliphatic carbocycles. The molecule has 1 nitrogen and oxygen atoms in total. The van der Waals surface area contributed by atoms with Crippen molar-refractivity contribution in [2.45, 2.75) is 34.6 Å². The van der Waals surface area contributed by atoms with Crippen molar-refractivity contribution < 1.29 is 0 Å². The average molecular weight is 199 g/mol. The van der Waals surface area contributed by atoms with Crippen molar-refractivity contribution in [1.29, 1.82) is 0 Å². The fourth-order valence-corrected chi connectivity index (χ4v) is 2.12. The molecule has 1 heteroatoms. The van der Waals surface area contributed by atoms with Gasteiger partial charge in [-0.15, -0.1) is 0 Å². The van der Waals surface area contributed by atoms with Crippen molar-refractivity contribution in [3.05, 3.63) is 40.1 Å². The molecule has 0 saturated heterocycles. The summed E-state index contributed by atoms with van der Waals surface area (Å²) >= 11 is 0. The Morgan fingerprint density at radius 2 is 1.40 bits per heavy atom. The van der Waals surface area contributed by atoms with Crippen LogP contribution in [0.2, 0.25) is 0 Å². The van der Waals surface area contributed by atoms with Crippen LogP contribution in [0.25, 0.3) is 10.9 Å². The number of hydrogen-bond donors (Lipinski definition) is 0. The Bertz CT molecular complexity index is 539. The highest BCUT2D eigenvalue weighted by atomic mass is 14.7. The molecule has 0 saturated carbocycles. The van der Waals surface area contributed by atoms with Crippen molar-refractivity contribution in [2.75, 3.05) is 0 Å². The van der Waals surface area contributed by atoms with Crippen LogP contribution in [0.5, 0.6) is 0 Å². The van der Waals surface area contributed by atoms with Crippen molar-refractivity contribution in [2.24, 2.45) is 0 Å². The van der Waals surface area contributed by atoms with Gasteiger partial charge in [0.25, 0.3) is 0 Å². The fourth-order valence-electron chi connectivity index (χ4n) is 2.12. The lowest BCUT2D eigenvalue weighted by Gasteiger charge is -2.12. The highest BCUT2D eigenvalue weighted by Crippen LogP contribution is 2.27. The fraction of sp³-hybridized carbons (Fsp3) is 0.357. The van der Waals surface area contributed by atoms with Gasteiger partial charge in [-0.25, -0.2) is 0 Å². The molecule has 0 spiro atoms. The summed E-state index contributed by atoms with van der Waals surface area (Å²) in [6.07, 6.45) is 0.